The van der Waals surface area contributed by atoms with E-state index in [1.807, 2.05) is 48.6 Å². The summed E-state index contributed by atoms with van der Waals surface area (Å²) in [5, 5.41) is 5.00. The minimum absolute atomic E-state index is 0.145. The molecule has 0 atom stereocenters. The van der Waals surface area contributed by atoms with Crippen molar-refractivity contribution < 1.29 is 0 Å². The maximum absolute atomic E-state index is 12.6. The lowest BCUT2D eigenvalue weighted by Crippen LogP contribution is -2.23. The van der Waals surface area contributed by atoms with Gasteiger partial charge >= 0.3 is 0 Å². The summed E-state index contributed by atoms with van der Waals surface area (Å²) in [6.45, 7) is 2.12. The van der Waals surface area contributed by atoms with Crippen molar-refractivity contribution in [2.24, 2.45) is 0 Å². The lowest BCUT2D eigenvalue weighted by molar-refractivity contribution is 0.925. The quantitative estimate of drug-likeness (QED) is 0.524. The average Bonchev–Trinajstić information content (AvgIpc) is 3.21. The summed E-state index contributed by atoms with van der Waals surface area (Å²) in [6, 6.07) is 15.7. The highest BCUT2D eigenvalue weighted by Crippen LogP contribution is 2.12. The molecule has 134 valence electrons. The summed E-state index contributed by atoms with van der Waals surface area (Å²) in [4.78, 5) is 17.6. The Kier molecular flexibility index (Phi) is 4.88. The van der Waals surface area contributed by atoms with E-state index in [9.17, 15) is 4.79 Å². The number of aromatic nitrogens is 3. The van der Waals surface area contributed by atoms with Gasteiger partial charge in [0, 0.05) is 5.02 Å². The monoisotopic (exact) mass is 393 g/mol. The van der Waals surface area contributed by atoms with Gasteiger partial charge in [-0.2, -0.15) is 9.50 Å². The highest BCUT2D eigenvalue weighted by atomic mass is 35.5. The van der Waals surface area contributed by atoms with Gasteiger partial charge in [0.25, 0.3) is 5.56 Å². The molecule has 4 nitrogen and oxygen atoms in total. The van der Waals surface area contributed by atoms with E-state index in [1.165, 1.54) is 21.4 Å². The summed E-state index contributed by atoms with van der Waals surface area (Å²) < 4.78 is 1.99. The molecule has 27 heavy (non-hydrogen) atoms. The molecule has 4 aromatic rings. The number of nitrogens with zero attached hydrogens (tertiary/aromatic N) is 3. The van der Waals surface area contributed by atoms with Crippen molar-refractivity contribution in [1.82, 2.24) is 14.6 Å². The highest BCUT2D eigenvalue weighted by Gasteiger charge is 2.08. The molecule has 0 aliphatic rings. The first-order valence-electron chi connectivity index (χ1n) is 8.56. The predicted octanol–water partition coefficient (Wildman–Crippen LogP) is 4.08. The third-order valence-electron chi connectivity index (χ3n) is 4.18. The number of fused-ring (bicyclic) bond motifs is 1. The van der Waals surface area contributed by atoms with Gasteiger partial charge in [-0.3, -0.25) is 4.79 Å². The van der Waals surface area contributed by atoms with Crippen LogP contribution in [0, 0.1) is 0 Å². The number of hydrogen-bond acceptors (Lipinski definition) is 4. The fourth-order valence-electron chi connectivity index (χ4n) is 2.67. The van der Waals surface area contributed by atoms with Crippen LogP contribution in [0.25, 0.3) is 23.2 Å². The number of benzene rings is 2. The lowest BCUT2D eigenvalue weighted by Gasteiger charge is -1.96. The first kappa shape index (κ1) is 17.6. The van der Waals surface area contributed by atoms with Crippen LogP contribution in [0.2, 0.25) is 5.02 Å². The van der Waals surface area contributed by atoms with E-state index in [-0.39, 0.29) is 5.56 Å². The minimum Gasteiger partial charge on any atom is -0.266 e. The molecule has 2 aromatic carbocycles. The van der Waals surface area contributed by atoms with Gasteiger partial charge in [-0.25, -0.2) is 0 Å². The van der Waals surface area contributed by atoms with Crippen LogP contribution in [-0.2, 0) is 6.42 Å². The smallest absolute Gasteiger partial charge is 0.266 e. The van der Waals surface area contributed by atoms with Crippen molar-refractivity contribution in [2.45, 2.75) is 13.3 Å². The molecule has 4 rings (SSSR count). The van der Waals surface area contributed by atoms with E-state index < -0.39 is 0 Å². The Balaban J connectivity index is 1.64. The Labute approximate surface area is 165 Å². The van der Waals surface area contributed by atoms with Crippen LogP contribution in [0.4, 0.5) is 0 Å². The Bertz CT molecular complexity index is 1220. The highest BCUT2D eigenvalue weighted by molar-refractivity contribution is 7.15. The zero-order chi connectivity index (χ0) is 18.8. The van der Waals surface area contributed by atoms with Gasteiger partial charge in [-0.05, 0) is 47.4 Å². The number of thiazole rings is 1. The zero-order valence-electron chi connectivity index (χ0n) is 14.6. The molecule has 0 unspecified atom stereocenters. The molecule has 2 aromatic heterocycles. The van der Waals surface area contributed by atoms with Gasteiger partial charge in [0.2, 0.25) is 4.96 Å². The van der Waals surface area contributed by atoms with Gasteiger partial charge in [0.05, 0.1) is 4.53 Å². The molecule has 0 aliphatic carbocycles. The van der Waals surface area contributed by atoms with Crippen molar-refractivity contribution in [3.63, 3.8) is 0 Å². The van der Waals surface area contributed by atoms with Gasteiger partial charge in [-0.1, -0.05) is 72.3 Å². The van der Waals surface area contributed by atoms with Crippen molar-refractivity contribution in [3.05, 3.63) is 91.0 Å². The molecule has 2 heterocycles. The van der Waals surface area contributed by atoms with Crippen LogP contribution in [0.15, 0.2) is 53.3 Å². The molecule has 0 radical (unpaired) electrons. The van der Waals surface area contributed by atoms with Crippen molar-refractivity contribution in [2.75, 3.05) is 0 Å². The van der Waals surface area contributed by atoms with Crippen LogP contribution >= 0.6 is 22.9 Å². The fraction of sp³-hybridized carbons (Fsp3) is 0.0952. The average molecular weight is 394 g/mol. The Morgan fingerprint density at radius 2 is 1.74 bits per heavy atom. The molecule has 0 aliphatic heterocycles. The molecular formula is C21H16ClN3OS. The first-order chi connectivity index (χ1) is 13.1. The number of rotatable bonds is 4. The van der Waals surface area contributed by atoms with Crippen LogP contribution in [0.1, 0.15) is 29.4 Å². The summed E-state index contributed by atoms with van der Waals surface area (Å²) in [6.07, 6.45) is 6.56. The van der Waals surface area contributed by atoms with Crippen molar-refractivity contribution in [3.8, 4) is 0 Å². The van der Waals surface area contributed by atoms with E-state index in [0.29, 0.717) is 20.3 Å². The van der Waals surface area contributed by atoms with E-state index in [1.54, 1.807) is 6.08 Å². The SMILES string of the molecule is CCc1ccc(/C=c2/sc3nc(/C=C/c4ccc(Cl)cc4)nn3c2=O)cc1. The van der Waals surface area contributed by atoms with Crippen LogP contribution in [0.3, 0.4) is 0 Å². The standard InChI is InChI=1S/C21H16ClN3OS/c1-2-14-3-5-16(6-4-14)13-18-20(26)25-21(27-18)23-19(24-25)12-9-15-7-10-17(22)11-8-15/h3-13H,2H2,1H3/b12-9+,18-13+. The second kappa shape index (κ2) is 7.47. The minimum atomic E-state index is -0.145. The molecule has 0 spiro atoms. The van der Waals surface area contributed by atoms with Crippen LogP contribution < -0.4 is 10.1 Å². The summed E-state index contributed by atoms with van der Waals surface area (Å²) in [5.74, 6) is 0.507. The van der Waals surface area contributed by atoms with E-state index in [0.717, 1.165) is 17.5 Å². The maximum atomic E-state index is 12.6. The molecule has 0 saturated heterocycles. The number of aryl methyl sites for hydroxylation is 1. The number of hydrogen-bond donors (Lipinski definition) is 0. The molecular weight excluding hydrogens is 378 g/mol. The predicted molar refractivity (Wildman–Crippen MR) is 112 cm³/mol. The van der Waals surface area contributed by atoms with Crippen LogP contribution in [-0.4, -0.2) is 14.6 Å². The summed E-state index contributed by atoms with van der Waals surface area (Å²) in [7, 11) is 0. The van der Waals surface area contributed by atoms with E-state index >= 15 is 0 Å². The normalized spacial score (nSPS) is 12.4. The number of halogens is 1. The molecule has 0 saturated carbocycles. The maximum Gasteiger partial charge on any atom is 0.291 e. The Hall–Kier alpha value is -2.76. The third-order valence-corrected chi connectivity index (χ3v) is 5.39. The summed E-state index contributed by atoms with van der Waals surface area (Å²) in [5.41, 5.74) is 3.11. The van der Waals surface area contributed by atoms with E-state index in [2.05, 4.69) is 29.1 Å². The third kappa shape index (κ3) is 3.84. The van der Waals surface area contributed by atoms with Gasteiger partial charge < -0.3 is 0 Å². The first-order valence-corrected chi connectivity index (χ1v) is 9.76. The van der Waals surface area contributed by atoms with Crippen molar-refractivity contribution in [1.29, 1.82) is 0 Å². The molecule has 0 amide bonds. The molecule has 0 bridgehead atoms. The van der Waals surface area contributed by atoms with Crippen LogP contribution in [0.5, 0.6) is 0 Å². The van der Waals surface area contributed by atoms with Gasteiger partial charge in [0.1, 0.15) is 0 Å². The zero-order valence-corrected chi connectivity index (χ0v) is 16.2. The Morgan fingerprint density at radius 1 is 1.04 bits per heavy atom. The van der Waals surface area contributed by atoms with Crippen molar-refractivity contribution >= 4 is 46.1 Å². The van der Waals surface area contributed by atoms with E-state index in [4.69, 9.17) is 11.6 Å². The molecule has 0 N–H and O–H groups in total. The van der Waals surface area contributed by atoms with Gasteiger partial charge in [0.15, 0.2) is 5.82 Å². The fourth-order valence-corrected chi connectivity index (χ4v) is 3.71. The van der Waals surface area contributed by atoms with Gasteiger partial charge in [-0.15, -0.1) is 5.10 Å². The largest absolute Gasteiger partial charge is 0.291 e. The topological polar surface area (TPSA) is 47.3 Å². The lowest BCUT2D eigenvalue weighted by atomic mass is 10.1. The molecule has 0 fully saturated rings. The Morgan fingerprint density at radius 3 is 2.41 bits per heavy atom. The second-order valence-electron chi connectivity index (χ2n) is 6.06. The summed E-state index contributed by atoms with van der Waals surface area (Å²) >= 11 is 7.23. The molecule has 6 heteroatoms. The second-order valence-corrected chi connectivity index (χ2v) is 7.51.